The number of carbonyl (C=O) groups excluding carboxylic acids is 1. The lowest BCUT2D eigenvalue weighted by molar-refractivity contribution is -0.132. The van der Waals surface area contributed by atoms with Gasteiger partial charge in [-0.2, -0.15) is 0 Å². The molecule has 0 aromatic heterocycles. The Morgan fingerprint density at radius 2 is 2.04 bits per heavy atom. The van der Waals surface area contributed by atoms with Gasteiger partial charge >= 0.3 is 0 Å². The molecular formula is C18H28N2O3. The minimum atomic E-state index is 0.240. The summed E-state index contributed by atoms with van der Waals surface area (Å²) in [5, 5.41) is 3.17. The number of hydrogen-bond donors (Lipinski definition) is 1. The Balaban J connectivity index is 1.74. The molecule has 1 saturated heterocycles. The van der Waals surface area contributed by atoms with Crippen LogP contribution in [0.15, 0.2) is 24.3 Å². The lowest BCUT2D eigenvalue weighted by atomic mass is 10.2. The van der Waals surface area contributed by atoms with Gasteiger partial charge in [0.1, 0.15) is 0 Å². The minimum Gasteiger partial charge on any atom is -0.490 e. The number of likely N-dealkylation sites (N-methyl/N-ethyl adjacent to an activating group) is 1. The number of hydrogen-bond acceptors (Lipinski definition) is 4. The second-order valence-electron chi connectivity index (χ2n) is 5.77. The molecule has 23 heavy (non-hydrogen) atoms. The Morgan fingerprint density at radius 1 is 1.30 bits per heavy atom. The van der Waals surface area contributed by atoms with Gasteiger partial charge in [-0.15, -0.1) is 0 Å². The molecule has 5 heteroatoms. The highest BCUT2D eigenvalue weighted by molar-refractivity contribution is 5.76. The van der Waals surface area contributed by atoms with E-state index >= 15 is 0 Å². The van der Waals surface area contributed by atoms with Crippen molar-refractivity contribution < 1.29 is 14.3 Å². The van der Waals surface area contributed by atoms with Gasteiger partial charge in [0.2, 0.25) is 5.91 Å². The number of nitrogens with zero attached hydrogens (tertiary/aromatic N) is 1. The normalized spacial score (nSPS) is 17.3. The summed E-state index contributed by atoms with van der Waals surface area (Å²) < 4.78 is 11.3. The van der Waals surface area contributed by atoms with Crippen molar-refractivity contribution >= 4 is 5.91 Å². The fraction of sp³-hybridized carbons (Fsp3) is 0.611. The topological polar surface area (TPSA) is 50.8 Å². The van der Waals surface area contributed by atoms with E-state index in [1.807, 2.05) is 43.1 Å². The first kappa shape index (κ1) is 17.6. The maximum atomic E-state index is 12.3. The van der Waals surface area contributed by atoms with Crippen LogP contribution in [0.5, 0.6) is 11.5 Å². The summed E-state index contributed by atoms with van der Waals surface area (Å²) in [5.41, 5.74) is 0. The van der Waals surface area contributed by atoms with E-state index in [1.165, 1.54) is 0 Å². The van der Waals surface area contributed by atoms with Crippen molar-refractivity contribution in [2.45, 2.75) is 38.6 Å². The highest BCUT2D eigenvalue weighted by Gasteiger charge is 2.27. The predicted molar refractivity (Wildman–Crippen MR) is 91.0 cm³/mol. The molecule has 1 aliphatic heterocycles. The van der Waals surface area contributed by atoms with Crippen molar-refractivity contribution in [1.29, 1.82) is 0 Å². The zero-order valence-corrected chi connectivity index (χ0v) is 14.2. The molecular weight excluding hydrogens is 292 g/mol. The van der Waals surface area contributed by atoms with Crippen LogP contribution in [0.1, 0.15) is 32.6 Å². The van der Waals surface area contributed by atoms with Crippen LogP contribution in [0.2, 0.25) is 0 Å². The number of ether oxygens (including phenoxy) is 2. The maximum absolute atomic E-state index is 12.3. The number of likely N-dealkylation sites (tertiary alicyclic amines) is 1. The van der Waals surface area contributed by atoms with Crippen LogP contribution in [0.4, 0.5) is 0 Å². The van der Waals surface area contributed by atoms with Crippen LogP contribution in [-0.4, -0.2) is 50.2 Å². The lowest BCUT2D eigenvalue weighted by Gasteiger charge is -2.24. The first-order chi connectivity index (χ1) is 11.3. The van der Waals surface area contributed by atoms with Crippen molar-refractivity contribution in [3.63, 3.8) is 0 Å². The van der Waals surface area contributed by atoms with Crippen LogP contribution < -0.4 is 14.8 Å². The molecule has 0 saturated carbocycles. The minimum absolute atomic E-state index is 0.240. The van der Waals surface area contributed by atoms with Gasteiger partial charge in [-0.1, -0.05) is 12.1 Å². The number of amides is 1. The number of nitrogens with one attached hydrogen (secondary N) is 1. The van der Waals surface area contributed by atoms with E-state index in [2.05, 4.69) is 5.32 Å². The Hall–Kier alpha value is -1.75. The third-order valence-electron chi connectivity index (χ3n) is 4.08. The largest absolute Gasteiger partial charge is 0.490 e. The molecule has 0 aliphatic carbocycles. The predicted octanol–water partition coefficient (Wildman–Crippen LogP) is 2.45. The molecule has 1 unspecified atom stereocenters. The summed E-state index contributed by atoms with van der Waals surface area (Å²) in [6.45, 7) is 4.86. The molecule has 1 heterocycles. The first-order valence-corrected chi connectivity index (χ1v) is 8.55. The standard InChI is InChI=1S/C18H28N2O3/c1-3-22-16-9-4-5-10-17(16)23-13-7-11-18(21)20-12-6-8-15(20)14-19-2/h4-5,9-10,15,19H,3,6-8,11-14H2,1-2H3. The van der Waals surface area contributed by atoms with Crippen LogP contribution in [0, 0.1) is 0 Å². The molecule has 128 valence electrons. The number of para-hydroxylation sites is 2. The van der Waals surface area contributed by atoms with Gasteiger partial charge in [-0.05, 0) is 45.4 Å². The molecule has 1 amide bonds. The quantitative estimate of drug-likeness (QED) is 0.710. The first-order valence-electron chi connectivity index (χ1n) is 8.55. The van der Waals surface area contributed by atoms with Crippen LogP contribution in [0.25, 0.3) is 0 Å². The lowest BCUT2D eigenvalue weighted by Crippen LogP contribution is -2.40. The smallest absolute Gasteiger partial charge is 0.222 e. The molecule has 1 aromatic carbocycles. The van der Waals surface area contributed by atoms with Gasteiger partial charge in [-0.25, -0.2) is 0 Å². The molecule has 1 aliphatic rings. The molecule has 2 rings (SSSR count). The molecule has 0 spiro atoms. The maximum Gasteiger partial charge on any atom is 0.222 e. The van der Waals surface area contributed by atoms with Gasteiger partial charge in [-0.3, -0.25) is 4.79 Å². The van der Waals surface area contributed by atoms with E-state index in [1.54, 1.807) is 0 Å². The monoisotopic (exact) mass is 320 g/mol. The summed E-state index contributed by atoms with van der Waals surface area (Å²) in [5.74, 6) is 1.75. The molecule has 5 nitrogen and oxygen atoms in total. The summed E-state index contributed by atoms with van der Waals surface area (Å²) in [6.07, 6.45) is 3.47. The van der Waals surface area contributed by atoms with E-state index in [4.69, 9.17) is 9.47 Å². The van der Waals surface area contributed by atoms with E-state index in [0.717, 1.165) is 43.9 Å². The Bertz CT molecular complexity index is 493. The summed E-state index contributed by atoms with van der Waals surface area (Å²) in [4.78, 5) is 14.3. The van der Waals surface area contributed by atoms with Gasteiger partial charge in [0.05, 0.1) is 13.2 Å². The van der Waals surface area contributed by atoms with Crippen LogP contribution in [-0.2, 0) is 4.79 Å². The third kappa shape index (κ3) is 5.13. The zero-order valence-electron chi connectivity index (χ0n) is 14.2. The number of rotatable bonds is 9. The Kier molecular flexibility index (Phi) is 7.20. The summed E-state index contributed by atoms with van der Waals surface area (Å²) in [7, 11) is 1.94. The van der Waals surface area contributed by atoms with Gasteiger partial charge in [0, 0.05) is 25.6 Å². The van der Waals surface area contributed by atoms with Gasteiger partial charge in [0.25, 0.3) is 0 Å². The fourth-order valence-electron chi connectivity index (χ4n) is 3.01. The van der Waals surface area contributed by atoms with E-state index in [-0.39, 0.29) is 5.91 Å². The molecule has 0 radical (unpaired) electrons. The SMILES string of the molecule is CCOc1ccccc1OCCCC(=O)N1CCCC1CNC. The third-order valence-corrected chi connectivity index (χ3v) is 4.08. The van der Waals surface area contributed by atoms with Crippen LogP contribution in [0.3, 0.4) is 0 Å². The second kappa shape index (κ2) is 9.40. The summed E-state index contributed by atoms with van der Waals surface area (Å²) in [6, 6.07) is 8.01. The molecule has 1 fully saturated rings. The second-order valence-corrected chi connectivity index (χ2v) is 5.77. The number of benzene rings is 1. The number of carbonyl (C=O) groups is 1. The van der Waals surface area contributed by atoms with Crippen molar-refractivity contribution in [2.75, 3.05) is 33.4 Å². The highest BCUT2D eigenvalue weighted by atomic mass is 16.5. The van der Waals surface area contributed by atoms with E-state index in [9.17, 15) is 4.79 Å². The average Bonchev–Trinajstić information content (AvgIpc) is 3.02. The molecule has 1 N–H and O–H groups in total. The van der Waals surface area contributed by atoms with Gasteiger partial charge in [0.15, 0.2) is 11.5 Å². The van der Waals surface area contributed by atoms with Crippen LogP contribution >= 0.6 is 0 Å². The fourth-order valence-corrected chi connectivity index (χ4v) is 3.01. The van der Waals surface area contributed by atoms with Crippen molar-refractivity contribution in [2.24, 2.45) is 0 Å². The molecule has 1 atom stereocenters. The van der Waals surface area contributed by atoms with Crippen molar-refractivity contribution in [1.82, 2.24) is 10.2 Å². The van der Waals surface area contributed by atoms with E-state index < -0.39 is 0 Å². The van der Waals surface area contributed by atoms with Gasteiger partial charge < -0.3 is 19.7 Å². The van der Waals surface area contributed by atoms with E-state index in [0.29, 0.717) is 25.7 Å². The molecule has 0 bridgehead atoms. The average molecular weight is 320 g/mol. The summed E-state index contributed by atoms with van der Waals surface area (Å²) >= 11 is 0. The molecule has 1 aromatic rings. The van der Waals surface area contributed by atoms with Crippen molar-refractivity contribution in [3.8, 4) is 11.5 Å². The Labute approximate surface area is 139 Å². The zero-order chi connectivity index (χ0) is 16.5. The highest BCUT2D eigenvalue weighted by Crippen LogP contribution is 2.26. The van der Waals surface area contributed by atoms with Crippen molar-refractivity contribution in [3.05, 3.63) is 24.3 Å². The Morgan fingerprint density at radius 3 is 2.74 bits per heavy atom.